The molecule has 184 valence electrons. The van der Waals surface area contributed by atoms with Crippen LogP contribution in [-0.4, -0.2) is 45.8 Å². The van der Waals surface area contributed by atoms with Gasteiger partial charge in [-0.3, -0.25) is 0 Å². The molecule has 0 aliphatic carbocycles. The molecule has 0 aliphatic heterocycles. The molecule has 6 rings (SSSR count). The molecule has 0 saturated carbocycles. The van der Waals surface area contributed by atoms with Gasteiger partial charge in [0.25, 0.3) is 0 Å². The van der Waals surface area contributed by atoms with Crippen LogP contribution in [0, 0.1) is 0 Å². The Labute approximate surface area is 212 Å². The van der Waals surface area contributed by atoms with Crippen LogP contribution < -0.4 is 0 Å². The molecule has 1 atom stereocenters. The maximum Gasteiger partial charge on any atom is 0.338 e. The molecule has 37 heavy (non-hydrogen) atoms. The molecule has 0 spiro atoms. The van der Waals surface area contributed by atoms with Crippen molar-refractivity contribution in [1.82, 2.24) is 34.7 Å². The van der Waals surface area contributed by atoms with Crippen molar-refractivity contribution >= 4 is 27.9 Å². The number of fused-ring (bicyclic) bond motifs is 2. The van der Waals surface area contributed by atoms with Gasteiger partial charge in [0, 0.05) is 29.0 Å². The molecule has 0 amide bonds. The lowest BCUT2D eigenvalue weighted by atomic mass is 9.98. The van der Waals surface area contributed by atoms with Crippen LogP contribution in [0.25, 0.3) is 33.5 Å². The summed E-state index contributed by atoms with van der Waals surface area (Å²) in [5.41, 5.74) is 4.25. The smallest absolute Gasteiger partial charge is 0.338 e. The van der Waals surface area contributed by atoms with Gasteiger partial charge in [0.2, 0.25) is 0 Å². The van der Waals surface area contributed by atoms with Gasteiger partial charge < -0.3 is 14.2 Å². The zero-order valence-corrected chi connectivity index (χ0v) is 20.2. The van der Waals surface area contributed by atoms with E-state index in [-0.39, 0.29) is 5.56 Å². The number of carbonyl (C=O) groups is 1. The number of tetrazole rings is 1. The van der Waals surface area contributed by atoms with Crippen molar-refractivity contribution in [1.29, 1.82) is 0 Å². The van der Waals surface area contributed by atoms with Crippen LogP contribution in [0.3, 0.4) is 0 Å². The first-order chi connectivity index (χ1) is 18.2. The summed E-state index contributed by atoms with van der Waals surface area (Å²) >= 11 is 0. The molecule has 0 fully saturated rings. The van der Waals surface area contributed by atoms with E-state index in [0.717, 1.165) is 35.0 Å². The number of carboxylic acid groups (broad SMARTS) is 1. The van der Waals surface area contributed by atoms with Crippen molar-refractivity contribution in [3.63, 3.8) is 0 Å². The van der Waals surface area contributed by atoms with E-state index in [2.05, 4.69) is 41.7 Å². The second-order valence-corrected chi connectivity index (χ2v) is 8.97. The Hall–Kier alpha value is -4.79. The Balaban J connectivity index is 1.77. The average Bonchev–Trinajstić information content (AvgIpc) is 3.65. The van der Waals surface area contributed by atoms with Gasteiger partial charge in [-0.15, -0.1) is 5.10 Å². The number of carboxylic acids is 1. The highest BCUT2D eigenvalue weighted by molar-refractivity contribution is 6.04. The fraction of sp³-hybridized carbons (Fsp3) is 0.179. The van der Waals surface area contributed by atoms with E-state index in [9.17, 15) is 9.90 Å². The van der Waals surface area contributed by atoms with E-state index in [4.69, 9.17) is 0 Å². The Morgan fingerprint density at radius 1 is 1.05 bits per heavy atom. The topological polar surface area (TPSA) is 115 Å². The van der Waals surface area contributed by atoms with Crippen LogP contribution in [0.5, 0.6) is 0 Å². The molecule has 1 unspecified atom stereocenters. The highest BCUT2D eigenvalue weighted by Gasteiger charge is 2.33. The molecule has 2 N–H and O–H groups in total. The molecular formula is C28H25N7O2. The number of para-hydroxylation sites is 1. The summed E-state index contributed by atoms with van der Waals surface area (Å²) < 4.78 is 4.22. The summed E-state index contributed by atoms with van der Waals surface area (Å²) in [7, 11) is 0. The minimum absolute atomic E-state index is 0.257. The Bertz CT molecular complexity index is 1700. The fourth-order valence-electron chi connectivity index (χ4n) is 5.21. The standard InChI is InChI=1S/C28H25N7O2/c1-2-3-16-34-25(23(28(36)37)20-13-9-15-29-27(20)34)24(18-10-5-4-6-11-18)35-21-14-8-7-12-19(21)17-22(35)26-30-32-33-31-26/h4-15,17,24H,2-3,16H2,1H3,(H,36,37)(H,30,31,32,33). The quantitative estimate of drug-likeness (QED) is 0.298. The summed E-state index contributed by atoms with van der Waals surface area (Å²) in [5.74, 6) is -0.480. The van der Waals surface area contributed by atoms with E-state index in [1.165, 1.54) is 0 Å². The molecule has 2 aromatic carbocycles. The summed E-state index contributed by atoms with van der Waals surface area (Å²) in [6, 6.07) is 23.2. The van der Waals surface area contributed by atoms with Crippen LogP contribution in [0.1, 0.15) is 47.4 Å². The second-order valence-electron chi connectivity index (χ2n) is 8.97. The predicted molar refractivity (Wildman–Crippen MR) is 140 cm³/mol. The van der Waals surface area contributed by atoms with E-state index < -0.39 is 12.0 Å². The predicted octanol–water partition coefficient (Wildman–Crippen LogP) is 5.31. The summed E-state index contributed by atoms with van der Waals surface area (Å²) in [6.07, 6.45) is 3.57. The molecule has 4 aromatic heterocycles. The second kappa shape index (κ2) is 9.34. The molecule has 4 heterocycles. The van der Waals surface area contributed by atoms with E-state index in [0.29, 0.717) is 29.1 Å². The van der Waals surface area contributed by atoms with Gasteiger partial charge in [-0.05, 0) is 46.7 Å². The third-order valence-electron chi connectivity index (χ3n) is 6.78. The number of nitrogens with one attached hydrogen (secondary N) is 1. The zero-order chi connectivity index (χ0) is 25.4. The minimum Gasteiger partial charge on any atom is -0.478 e. The molecule has 0 aliphatic rings. The van der Waals surface area contributed by atoms with Crippen molar-refractivity contribution in [2.24, 2.45) is 0 Å². The number of aromatic nitrogens is 7. The molecule has 0 saturated heterocycles. The average molecular weight is 492 g/mol. The minimum atomic E-state index is -0.983. The Morgan fingerprint density at radius 3 is 2.62 bits per heavy atom. The number of hydrogen-bond donors (Lipinski definition) is 2. The monoisotopic (exact) mass is 491 g/mol. The van der Waals surface area contributed by atoms with Gasteiger partial charge >= 0.3 is 5.97 Å². The summed E-state index contributed by atoms with van der Waals surface area (Å²) in [6.45, 7) is 2.77. The van der Waals surface area contributed by atoms with Gasteiger partial charge in [-0.2, -0.15) is 0 Å². The number of rotatable bonds is 8. The Morgan fingerprint density at radius 2 is 1.86 bits per heavy atom. The Kier molecular flexibility index (Phi) is 5.72. The molecular weight excluding hydrogens is 466 g/mol. The van der Waals surface area contributed by atoms with Gasteiger partial charge in [-0.1, -0.05) is 61.9 Å². The fourth-order valence-corrected chi connectivity index (χ4v) is 5.21. The number of hydrogen-bond acceptors (Lipinski definition) is 5. The third-order valence-corrected chi connectivity index (χ3v) is 6.78. The van der Waals surface area contributed by atoms with Crippen molar-refractivity contribution in [3.05, 3.63) is 95.8 Å². The maximum atomic E-state index is 12.9. The molecule has 9 heteroatoms. The van der Waals surface area contributed by atoms with Gasteiger partial charge in [-0.25, -0.2) is 14.9 Å². The maximum absolute atomic E-state index is 12.9. The first-order valence-electron chi connectivity index (χ1n) is 12.3. The number of unbranched alkanes of at least 4 members (excludes halogenated alkanes) is 1. The molecule has 9 nitrogen and oxygen atoms in total. The summed E-state index contributed by atoms with van der Waals surface area (Å²) in [4.78, 5) is 17.6. The summed E-state index contributed by atoms with van der Waals surface area (Å²) in [5, 5.41) is 26.9. The largest absolute Gasteiger partial charge is 0.478 e. The number of aromatic amines is 1. The van der Waals surface area contributed by atoms with Gasteiger partial charge in [0.1, 0.15) is 11.7 Å². The molecule has 0 bridgehead atoms. The van der Waals surface area contributed by atoms with Crippen LogP contribution >= 0.6 is 0 Å². The SMILES string of the molecule is CCCCn1c(C(c2ccccc2)n2c(-c3nnn[nH]3)cc3ccccc32)c(C(=O)O)c2cccnc21. The van der Waals surface area contributed by atoms with Crippen LogP contribution in [0.15, 0.2) is 79.0 Å². The normalized spacial score (nSPS) is 12.4. The lowest BCUT2D eigenvalue weighted by Crippen LogP contribution is -2.21. The van der Waals surface area contributed by atoms with Crippen molar-refractivity contribution in [2.75, 3.05) is 0 Å². The molecule has 6 aromatic rings. The zero-order valence-electron chi connectivity index (χ0n) is 20.2. The highest BCUT2D eigenvalue weighted by atomic mass is 16.4. The lowest BCUT2D eigenvalue weighted by molar-refractivity contribution is 0.0697. The number of aryl methyl sites for hydroxylation is 1. The van der Waals surface area contributed by atoms with E-state index >= 15 is 0 Å². The van der Waals surface area contributed by atoms with Crippen LogP contribution in [0.2, 0.25) is 0 Å². The number of pyridine rings is 1. The van der Waals surface area contributed by atoms with Crippen LogP contribution in [-0.2, 0) is 6.54 Å². The first kappa shape index (κ1) is 22.7. The lowest BCUT2D eigenvalue weighted by Gasteiger charge is -2.26. The number of aromatic carboxylic acids is 1. The number of benzene rings is 2. The molecule has 0 radical (unpaired) electrons. The van der Waals surface area contributed by atoms with E-state index in [1.807, 2.05) is 66.7 Å². The van der Waals surface area contributed by atoms with Gasteiger partial charge in [0.15, 0.2) is 5.82 Å². The van der Waals surface area contributed by atoms with E-state index in [1.54, 1.807) is 12.3 Å². The van der Waals surface area contributed by atoms with Crippen molar-refractivity contribution in [3.8, 4) is 11.5 Å². The first-order valence-corrected chi connectivity index (χ1v) is 12.3. The highest BCUT2D eigenvalue weighted by Crippen LogP contribution is 2.40. The van der Waals surface area contributed by atoms with Crippen molar-refractivity contribution < 1.29 is 9.90 Å². The van der Waals surface area contributed by atoms with Crippen LogP contribution in [0.4, 0.5) is 0 Å². The van der Waals surface area contributed by atoms with Gasteiger partial charge in [0.05, 0.1) is 17.0 Å². The van der Waals surface area contributed by atoms with Crippen molar-refractivity contribution in [2.45, 2.75) is 32.4 Å². The number of H-pyrrole nitrogens is 1. The third kappa shape index (κ3) is 3.76. The number of nitrogens with zero attached hydrogens (tertiary/aromatic N) is 6.